The van der Waals surface area contributed by atoms with Gasteiger partial charge in [0.25, 0.3) is 5.91 Å². The molecule has 1 aliphatic heterocycles. The summed E-state index contributed by atoms with van der Waals surface area (Å²) in [4.78, 5) is 24.8. The third kappa shape index (κ3) is 4.82. The Morgan fingerprint density at radius 1 is 1.16 bits per heavy atom. The van der Waals surface area contributed by atoms with Crippen molar-refractivity contribution in [3.63, 3.8) is 0 Å². The largest absolute Gasteiger partial charge is 0.335 e. The first-order valence-corrected chi connectivity index (χ1v) is 7.57. The van der Waals surface area contributed by atoms with Gasteiger partial charge in [0.05, 0.1) is 13.1 Å². The molecule has 1 saturated heterocycles. The van der Waals surface area contributed by atoms with Gasteiger partial charge in [-0.15, -0.1) is 0 Å². The molecule has 1 saturated carbocycles. The molecular formula is C14H26N3O2+. The highest BCUT2D eigenvalue weighted by molar-refractivity contribution is 5.94. The van der Waals surface area contributed by atoms with Crippen molar-refractivity contribution < 1.29 is 14.5 Å². The summed E-state index contributed by atoms with van der Waals surface area (Å²) >= 11 is 0. The third-order valence-corrected chi connectivity index (χ3v) is 4.22. The topological polar surface area (TPSA) is 62.6 Å². The lowest BCUT2D eigenvalue weighted by molar-refractivity contribution is -0.900. The molecule has 1 unspecified atom stereocenters. The maximum absolute atomic E-state index is 11.8. The Kier molecular flexibility index (Phi) is 5.19. The number of quaternary nitrogens is 1. The zero-order valence-electron chi connectivity index (χ0n) is 11.8. The average molecular weight is 268 g/mol. The molecule has 0 aromatic carbocycles. The molecule has 1 aliphatic carbocycles. The Morgan fingerprint density at radius 2 is 1.89 bits per heavy atom. The lowest BCUT2D eigenvalue weighted by Gasteiger charge is -2.27. The molecule has 1 heterocycles. The molecular weight excluding hydrogens is 242 g/mol. The molecule has 2 aliphatic rings. The highest BCUT2D eigenvalue weighted by Gasteiger charge is 2.23. The summed E-state index contributed by atoms with van der Waals surface area (Å²) in [5.41, 5.74) is 0. The molecule has 2 rings (SSSR count). The van der Waals surface area contributed by atoms with Gasteiger partial charge in [-0.3, -0.25) is 10.1 Å². The Hall–Kier alpha value is -1.10. The molecule has 19 heavy (non-hydrogen) atoms. The van der Waals surface area contributed by atoms with Gasteiger partial charge in [-0.1, -0.05) is 19.8 Å². The van der Waals surface area contributed by atoms with Gasteiger partial charge in [0.1, 0.15) is 0 Å². The standard InChI is InChI=1S/C14H25N3O2/c1-11-5-4-8-17(9-11)10-13(18)16-14(19)15-12-6-2-3-7-12/h11-12H,2-10H2,1H3,(H2,15,16,18,19)/p+1/t11-/m0/s1. The number of piperidine rings is 1. The number of carbonyl (C=O) groups is 2. The number of amides is 3. The van der Waals surface area contributed by atoms with Gasteiger partial charge in [0.15, 0.2) is 6.54 Å². The van der Waals surface area contributed by atoms with E-state index in [-0.39, 0.29) is 18.0 Å². The van der Waals surface area contributed by atoms with Crippen LogP contribution >= 0.6 is 0 Å². The van der Waals surface area contributed by atoms with Crippen LogP contribution in [0, 0.1) is 5.92 Å². The van der Waals surface area contributed by atoms with Crippen LogP contribution in [-0.4, -0.2) is 37.6 Å². The molecule has 0 aromatic heterocycles. The molecule has 0 radical (unpaired) electrons. The maximum Gasteiger partial charge on any atom is 0.321 e. The van der Waals surface area contributed by atoms with Crippen molar-refractivity contribution in [3.8, 4) is 0 Å². The molecule has 3 amide bonds. The summed E-state index contributed by atoms with van der Waals surface area (Å²) in [7, 11) is 0. The first kappa shape index (κ1) is 14.3. The minimum Gasteiger partial charge on any atom is -0.335 e. The minimum atomic E-state index is -0.318. The van der Waals surface area contributed by atoms with Gasteiger partial charge >= 0.3 is 6.03 Å². The molecule has 5 heteroatoms. The van der Waals surface area contributed by atoms with E-state index in [9.17, 15) is 9.59 Å². The van der Waals surface area contributed by atoms with Gasteiger partial charge in [-0.25, -0.2) is 4.79 Å². The molecule has 2 fully saturated rings. The second-order valence-electron chi connectivity index (χ2n) is 6.13. The van der Waals surface area contributed by atoms with Gasteiger partial charge in [0.2, 0.25) is 0 Å². The lowest BCUT2D eigenvalue weighted by atomic mass is 10.0. The van der Waals surface area contributed by atoms with E-state index in [0.29, 0.717) is 12.5 Å². The van der Waals surface area contributed by atoms with Crippen LogP contribution in [0.2, 0.25) is 0 Å². The van der Waals surface area contributed by atoms with Crippen LogP contribution in [0.5, 0.6) is 0 Å². The van der Waals surface area contributed by atoms with Crippen molar-refractivity contribution in [3.05, 3.63) is 0 Å². The van der Waals surface area contributed by atoms with Crippen molar-refractivity contribution in [2.45, 2.75) is 51.5 Å². The SMILES string of the molecule is C[C@H]1CCC[NH+](CC(=O)NC(=O)NC2CCCC2)C1. The third-order valence-electron chi connectivity index (χ3n) is 4.22. The maximum atomic E-state index is 11.8. The predicted octanol–water partition coefficient (Wildman–Crippen LogP) is 0.0696. The molecule has 0 aromatic rings. The van der Waals surface area contributed by atoms with Crippen LogP contribution in [0.25, 0.3) is 0 Å². The van der Waals surface area contributed by atoms with E-state index < -0.39 is 0 Å². The van der Waals surface area contributed by atoms with E-state index in [1.807, 2.05) is 0 Å². The number of likely N-dealkylation sites (tertiary alicyclic amines) is 1. The number of rotatable bonds is 3. The molecule has 3 N–H and O–H groups in total. The van der Waals surface area contributed by atoms with Crippen LogP contribution < -0.4 is 15.5 Å². The van der Waals surface area contributed by atoms with Crippen molar-refractivity contribution in [2.75, 3.05) is 19.6 Å². The van der Waals surface area contributed by atoms with Crippen molar-refractivity contribution in [2.24, 2.45) is 5.92 Å². The second-order valence-corrected chi connectivity index (χ2v) is 6.13. The molecule has 5 nitrogen and oxygen atoms in total. The second kappa shape index (κ2) is 6.89. The van der Waals surface area contributed by atoms with E-state index in [4.69, 9.17) is 0 Å². The van der Waals surface area contributed by atoms with E-state index >= 15 is 0 Å². The number of imide groups is 1. The summed E-state index contributed by atoms with van der Waals surface area (Å²) in [5, 5.41) is 5.33. The summed E-state index contributed by atoms with van der Waals surface area (Å²) < 4.78 is 0. The average Bonchev–Trinajstić information content (AvgIpc) is 2.81. The Balaban J connectivity index is 1.66. The van der Waals surface area contributed by atoms with Gasteiger partial charge in [-0.2, -0.15) is 0 Å². The zero-order valence-corrected chi connectivity index (χ0v) is 11.8. The van der Waals surface area contributed by atoms with E-state index in [2.05, 4.69) is 17.6 Å². The fraction of sp³-hybridized carbons (Fsp3) is 0.857. The first-order chi connectivity index (χ1) is 9.13. The minimum absolute atomic E-state index is 0.153. The number of urea groups is 1. The quantitative estimate of drug-likeness (QED) is 0.678. The number of hydrogen-bond donors (Lipinski definition) is 3. The van der Waals surface area contributed by atoms with Crippen LogP contribution in [-0.2, 0) is 4.79 Å². The van der Waals surface area contributed by atoms with Gasteiger partial charge in [0, 0.05) is 12.0 Å². The van der Waals surface area contributed by atoms with Crippen LogP contribution in [0.15, 0.2) is 0 Å². The highest BCUT2D eigenvalue weighted by atomic mass is 16.2. The Morgan fingerprint density at radius 3 is 2.58 bits per heavy atom. The van der Waals surface area contributed by atoms with E-state index in [1.54, 1.807) is 0 Å². The molecule has 0 bridgehead atoms. The fourth-order valence-corrected chi connectivity index (χ4v) is 3.25. The monoisotopic (exact) mass is 268 g/mol. The number of hydrogen-bond acceptors (Lipinski definition) is 2. The van der Waals surface area contributed by atoms with Gasteiger partial charge < -0.3 is 10.2 Å². The van der Waals surface area contributed by atoms with Crippen molar-refractivity contribution in [1.82, 2.24) is 10.6 Å². The highest BCUT2D eigenvalue weighted by Crippen LogP contribution is 2.17. The number of carbonyl (C=O) groups excluding carboxylic acids is 2. The van der Waals surface area contributed by atoms with E-state index in [1.165, 1.54) is 30.6 Å². The van der Waals surface area contributed by atoms with Crippen molar-refractivity contribution >= 4 is 11.9 Å². The smallest absolute Gasteiger partial charge is 0.321 e. The van der Waals surface area contributed by atoms with Gasteiger partial charge in [-0.05, 0) is 25.7 Å². The van der Waals surface area contributed by atoms with Crippen LogP contribution in [0.3, 0.4) is 0 Å². The molecule has 2 atom stereocenters. The van der Waals surface area contributed by atoms with Crippen LogP contribution in [0.1, 0.15) is 45.4 Å². The fourth-order valence-electron chi connectivity index (χ4n) is 3.25. The van der Waals surface area contributed by atoms with E-state index in [0.717, 1.165) is 25.9 Å². The Bertz CT molecular complexity index is 327. The number of nitrogens with one attached hydrogen (secondary N) is 3. The summed E-state index contributed by atoms with van der Waals surface area (Å²) in [6, 6.07) is -0.0588. The molecule has 0 spiro atoms. The summed E-state index contributed by atoms with van der Waals surface area (Å²) in [6.45, 7) is 4.73. The summed E-state index contributed by atoms with van der Waals surface area (Å²) in [6.07, 6.45) is 6.86. The normalized spacial score (nSPS) is 28.1. The lowest BCUT2D eigenvalue weighted by Crippen LogP contribution is -3.14. The zero-order chi connectivity index (χ0) is 13.7. The summed E-state index contributed by atoms with van der Waals surface area (Å²) in [5.74, 6) is 0.531. The van der Waals surface area contributed by atoms with Crippen LogP contribution in [0.4, 0.5) is 4.79 Å². The van der Waals surface area contributed by atoms with Crippen molar-refractivity contribution in [1.29, 1.82) is 0 Å². The Labute approximate surface area is 115 Å². The predicted molar refractivity (Wildman–Crippen MR) is 72.9 cm³/mol. The molecule has 108 valence electrons. The first-order valence-electron chi connectivity index (χ1n) is 7.57.